The molecule has 0 heterocycles. The molecule has 0 bridgehead atoms. The molecule has 80 valence electrons. The first kappa shape index (κ1) is 29.6. The number of rotatable bonds is 0. The van der Waals surface area contributed by atoms with Crippen LogP contribution in [-0.4, -0.2) is 86.9 Å². The Morgan fingerprint density at radius 1 is 0.714 bits per heavy atom. The summed E-state index contributed by atoms with van der Waals surface area (Å²) in [5.74, 6) is 0. The van der Waals surface area contributed by atoms with Gasteiger partial charge in [-0.05, 0) is 0 Å². The van der Waals surface area contributed by atoms with Crippen molar-refractivity contribution in [2.24, 2.45) is 0 Å². The van der Waals surface area contributed by atoms with Crippen LogP contribution in [0.3, 0.4) is 0 Å². The maximum atomic E-state index is 8.56. The van der Waals surface area contributed by atoms with Gasteiger partial charge in [0.25, 0.3) is 0 Å². The summed E-state index contributed by atoms with van der Waals surface area (Å²) in [4.78, 5) is 0. The van der Waals surface area contributed by atoms with Crippen LogP contribution in [0.1, 0.15) is 0 Å². The average Bonchev–Trinajstić information content (AvgIpc) is 1.54. The molecule has 9 nitrogen and oxygen atoms in total. The van der Waals surface area contributed by atoms with Crippen molar-refractivity contribution < 1.29 is 39.9 Å². The van der Waals surface area contributed by atoms with Gasteiger partial charge in [-0.1, -0.05) is 0 Å². The molecule has 0 aromatic carbocycles. The topological polar surface area (TPSA) is 181 Å². The fraction of sp³-hybridized carbons (Fsp3) is 0. The van der Waals surface area contributed by atoms with Crippen molar-refractivity contribution >= 4 is 81.0 Å². The third-order valence-corrected chi connectivity index (χ3v) is 0. The predicted molar refractivity (Wildman–Crippen MR) is 47.5 cm³/mol. The van der Waals surface area contributed by atoms with Crippen LogP contribution < -0.4 is 0 Å². The molecule has 0 saturated carbocycles. The molecule has 0 fully saturated rings. The molecule has 0 aliphatic carbocycles. The Labute approximate surface area is 120 Å². The monoisotopic (exact) mass is 294 g/mol. The second-order valence-corrected chi connectivity index (χ2v) is 1.95. The van der Waals surface area contributed by atoms with Gasteiger partial charge in [0.05, 0.1) is 34.1 Å². The van der Waals surface area contributed by atoms with Gasteiger partial charge in [0.15, 0.2) is 0 Å². The van der Waals surface area contributed by atoms with E-state index in [0.29, 0.717) is 0 Å². The van der Waals surface area contributed by atoms with E-state index in [1.807, 2.05) is 0 Å². The molecule has 0 aliphatic rings. The van der Waals surface area contributed by atoms with Crippen LogP contribution in [0, 0.1) is 0 Å². The van der Waals surface area contributed by atoms with E-state index in [0.717, 1.165) is 0 Å². The van der Waals surface area contributed by atoms with Gasteiger partial charge in [-0.15, -0.1) is 0 Å². The first-order valence-corrected chi connectivity index (χ1v) is 4.64. The van der Waals surface area contributed by atoms with Gasteiger partial charge >= 0.3 is 46.9 Å². The van der Waals surface area contributed by atoms with Crippen molar-refractivity contribution in [3.8, 4) is 0 Å². The third-order valence-electron chi connectivity index (χ3n) is 0. The van der Waals surface area contributed by atoms with Crippen LogP contribution in [-0.2, 0) is 34.1 Å². The van der Waals surface area contributed by atoms with E-state index in [2.05, 4.69) is 0 Å². The van der Waals surface area contributed by atoms with E-state index < -0.39 is 34.1 Å². The summed E-state index contributed by atoms with van der Waals surface area (Å²) in [6.07, 6.45) is 0. The van der Waals surface area contributed by atoms with E-state index in [1.165, 1.54) is 0 Å². The van der Waals surface area contributed by atoms with E-state index in [1.54, 1.807) is 0 Å². The molecule has 0 saturated heterocycles. The molecule has 0 radical (unpaired) electrons. The van der Waals surface area contributed by atoms with E-state index in [9.17, 15) is 0 Å². The fourth-order valence-electron chi connectivity index (χ4n) is 0. The van der Waals surface area contributed by atoms with Gasteiger partial charge in [-0.25, -0.2) is 12.6 Å². The molecule has 0 aromatic rings. The summed E-state index contributed by atoms with van der Waals surface area (Å²) in [7, 11) is 0. The van der Waals surface area contributed by atoms with Crippen LogP contribution >= 0.6 is 0 Å². The summed E-state index contributed by atoms with van der Waals surface area (Å²) < 4.78 is 72.2. The molecule has 14 heteroatoms. The molecule has 0 amide bonds. The minimum atomic E-state index is -2.86. The van der Waals surface area contributed by atoms with Gasteiger partial charge in [0.2, 0.25) is 0 Å². The van der Waals surface area contributed by atoms with Crippen LogP contribution in [0.15, 0.2) is 0 Å². The van der Waals surface area contributed by atoms with Crippen LogP contribution in [0.5, 0.6) is 0 Å². The second kappa shape index (κ2) is 24.1. The van der Waals surface area contributed by atoms with Crippen molar-refractivity contribution in [1.82, 2.24) is 0 Å². The van der Waals surface area contributed by atoms with Gasteiger partial charge in [-0.2, -0.15) is 0 Å². The normalized spacial score (nSPS) is 13.3. The third kappa shape index (κ3) is 735. The Kier molecular flexibility index (Phi) is 51.1. The van der Waals surface area contributed by atoms with E-state index in [-0.39, 0.29) is 46.9 Å². The molecule has 0 rings (SSSR count). The molecule has 0 spiro atoms. The van der Waals surface area contributed by atoms with Gasteiger partial charge < -0.3 is 27.3 Å². The Morgan fingerprint density at radius 3 is 0.714 bits per heavy atom. The SMILES string of the molecule is O=S([O-])O.O=S([O-])O.O=S([O-])O.[Al+3].[NaH]. The zero-order valence-corrected chi connectivity index (χ0v) is 9.20. The molecule has 3 unspecified atom stereocenters. The van der Waals surface area contributed by atoms with Crippen molar-refractivity contribution in [3.63, 3.8) is 0 Å². The first-order chi connectivity index (χ1) is 5.20. The predicted octanol–water partition coefficient (Wildman–Crippen LogP) is -3.01. The Morgan fingerprint density at radius 2 is 0.714 bits per heavy atom. The zero-order valence-electron chi connectivity index (χ0n) is 5.59. The second-order valence-electron chi connectivity index (χ2n) is 0.651. The summed E-state index contributed by atoms with van der Waals surface area (Å²) in [6.45, 7) is 0. The van der Waals surface area contributed by atoms with Crippen molar-refractivity contribution in [2.75, 3.05) is 0 Å². The molecule has 0 aliphatic heterocycles. The number of hydrogen-bond acceptors (Lipinski definition) is 6. The maximum absolute atomic E-state index is 8.56. The van der Waals surface area contributed by atoms with Crippen LogP contribution in [0.2, 0.25) is 0 Å². The van der Waals surface area contributed by atoms with Crippen LogP contribution in [0.25, 0.3) is 0 Å². The quantitative estimate of drug-likeness (QED) is 0.309. The van der Waals surface area contributed by atoms with Gasteiger partial charge in [-0.3, -0.25) is 0 Å². The van der Waals surface area contributed by atoms with Crippen molar-refractivity contribution in [3.05, 3.63) is 0 Å². The summed E-state index contributed by atoms with van der Waals surface area (Å²) in [5.41, 5.74) is 0. The Balaban J connectivity index is -0.0000000270. The average molecular weight is 294 g/mol. The van der Waals surface area contributed by atoms with E-state index >= 15 is 0 Å². The Bertz CT molecular complexity index is 118. The van der Waals surface area contributed by atoms with Gasteiger partial charge in [0, 0.05) is 0 Å². The van der Waals surface area contributed by atoms with Crippen molar-refractivity contribution in [1.29, 1.82) is 0 Å². The molecular weight excluding hydrogens is 290 g/mol. The summed E-state index contributed by atoms with van der Waals surface area (Å²) in [5, 5.41) is 0. The van der Waals surface area contributed by atoms with Crippen LogP contribution in [0.4, 0.5) is 0 Å². The summed E-state index contributed by atoms with van der Waals surface area (Å²) in [6, 6.07) is 0. The Hall–Kier alpha value is 1.74. The zero-order chi connectivity index (χ0) is 10.7. The van der Waals surface area contributed by atoms with Gasteiger partial charge in [0.1, 0.15) is 0 Å². The molecule has 0 aromatic heterocycles. The standard InChI is InChI=1S/Al.Na.3H2O3S.H/c;;3*1-4(2)3;/h;;3*(H2,1,2,3);/q+3;;;;;/p-3. The number of hydrogen-bond donors (Lipinski definition) is 3. The minimum absolute atomic E-state index is 0. The molecule has 3 N–H and O–H groups in total. The fourth-order valence-corrected chi connectivity index (χ4v) is 0. The van der Waals surface area contributed by atoms with E-state index in [4.69, 9.17) is 39.9 Å². The summed E-state index contributed by atoms with van der Waals surface area (Å²) >= 11 is -8.58. The molecule has 3 atom stereocenters. The molecule has 14 heavy (non-hydrogen) atoms. The first-order valence-electron chi connectivity index (χ1n) is 1.55. The molecular formula is H4AlNaO9S3. The van der Waals surface area contributed by atoms with Crippen molar-refractivity contribution in [2.45, 2.75) is 0 Å².